The number of rotatable bonds is 5. The maximum absolute atomic E-state index is 13.4. The van der Waals surface area contributed by atoms with Crippen molar-refractivity contribution in [2.45, 2.75) is 42.6 Å². The normalized spacial score (nSPS) is 24.2. The lowest BCUT2D eigenvalue weighted by Gasteiger charge is -2.51. The van der Waals surface area contributed by atoms with E-state index in [2.05, 4.69) is 24.3 Å². The predicted molar refractivity (Wildman–Crippen MR) is 136 cm³/mol. The molecule has 0 aromatic heterocycles. The minimum Gasteiger partial charge on any atom is -0.484 e. The Balaban J connectivity index is 1.14. The lowest BCUT2D eigenvalue weighted by molar-refractivity contribution is -0.153. The van der Waals surface area contributed by atoms with Gasteiger partial charge in [-0.3, -0.25) is 4.90 Å². The molecule has 39 heavy (non-hydrogen) atoms. The molecule has 1 N–H and O–H groups in total. The predicted octanol–water partition coefficient (Wildman–Crippen LogP) is 5.63. The fourth-order valence-electron chi connectivity index (χ4n) is 6.21. The molecule has 0 saturated carbocycles. The molecule has 0 radical (unpaired) electrons. The summed E-state index contributed by atoms with van der Waals surface area (Å²) in [7, 11) is 0. The molecule has 2 bridgehead atoms. The zero-order valence-electron chi connectivity index (χ0n) is 21.1. The van der Waals surface area contributed by atoms with Crippen molar-refractivity contribution in [1.29, 1.82) is 0 Å². The van der Waals surface area contributed by atoms with Crippen LogP contribution >= 0.6 is 0 Å². The average Bonchev–Trinajstić information content (AvgIpc) is 3.23. The molecule has 2 fully saturated rings. The molecule has 3 aromatic carbocycles. The van der Waals surface area contributed by atoms with Crippen molar-refractivity contribution in [1.82, 2.24) is 4.90 Å². The second kappa shape index (κ2) is 9.88. The molecule has 2 heterocycles. The molecular weight excluding hydrogens is 511 g/mol. The van der Waals surface area contributed by atoms with Gasteiger partial charge in [-0.25, -0.2) is 4.79 Å². The van der Waals surface area contributed by atoms with Crippen LogP contribution in [-0.4, -0.2) is 60.8 Å². The lowest BCUT2D eigenvalue weighted by atomic mass is 9.77. The summed E-state index contributed by atoms with van der Waals surface area (Å²) in [6, 6.07) is 21.5. The standard InChI is InChI=1S/C30H28F3NO5/c31-30(32,33)18-39-22-11-9-19(10-12-22)29(36)13-20-15-37-16-21(14-29)34(20)28(35)38-17-27-25-7-3-1-5-23(25)24-6-2-4-8-26(24)27/h1-12,20-21,27,36H,13-18H2. The molecular formula is C30H28F3NO5. The first-order valence-corrected chi connectivity index (χ1v) is 13.0. The Morgan fingerprint density at radius 2 is 1.49 bits per heavy atom. The third-order valence-electron chi connectivity index (χ3n) is 7.89. The van der Waals surface area contributed by atoms with Gasteiger partial charge in [0, 0.05) is 18.8 Å². The zero-order chi connectivity index (χ0) is 27.2. The number of alkyl halides is 3. The fraction of sp³-hybridized carbons (Fsp3) is 0.367. The van der Waals surface area contributed by atoms with E-state index >= 15 is 0 Å². The van der Waals surface area contributed by atoms with Crippen LogP contribution in [0.1, 0.15) is 35.4 Å². The summed E-state index contributed by atoms with van der Waals surface area (Å²) in [5, 5.41) is 11.6. The number of hydrogen-bond donors (Lipinski definition) is 1. The summed E-state index contributed by atoms with van der Waals surface area (Å²) in [5.74, 6) is 0.0107. The number of benzene rings is 3. The van der Waals surface area contributed by atoms with E-state index in [0.717, 1.165) is 22.3 Å². The number of piperidine rings is 1. The van der Waals surface area contributed by atoms with E-state index < -0.39 is 36.6 Å². The second-order valence-electron chi connectivity index (χ2n) is 10.4. The lowest BCUT2D eigenvalue weighted by Crippen LogP contribution is -2.62. The quantitative estimate of drug-likeness (QED) is 0.456. The van der Waals surface area contributed by atoms with Crippen molar-refractivity contribution in [3.63, 3.8) is 0 Å². The van der Waals surface area contributed by atoms with Gasteiger partial charge in [-0.05, 0) is 39.9 Å². The molecule has 6 rings (SSSR count). The molecule has 2 atom stereocenters. The summed E-state index contributed by atoms with van der Waals surface area (Å²) in [4.78, 5) is 15.1. The Labute approximate surface area is 223 Å². The van der Waals surface area contributed by atoms with E-state index in [4.69, 9.17) is 14.2 Å². The summed E-state index contributed by atoms with van der Waals surface area (Å²) in [5.41, 5.74) is 3.86. The molecule has 1 amide bonds. The Hall–Kier alpha value is -3.56. The third kappa shape index (κ3) is 4.96. The zero-order valence-corrected chi connectivity index (χ0v) is 21.1. The number of carbonyl (C=O) groups excluding carboxylic acids is 1. The van der Waals surface area contributed by atoms with E-state index in [0.29, 0.717) is 5.56 Å². The number of hydrogen-bond acceptors (Lipinski definition) is 5. The van der Waals surface area contributed by atoms with Crippen LogP contribution in [0.3, 0.4) is 0 Å². The number of amides is 1. The van der Waals surface area contributed by atoms with Gasteiger partial charge in [-0.2, -0.15) is 13.2 Å². The Bertz CT molecular complexity index is 1300. The van der Waals surface area contributed by atoms with Crippen molar-refractivity contribution in [3.05, 3.63) is 89.5 Å². The second-order valence-corrected chi connectivity index (χ2v) is 10.4. The molecule has 2 aliphatic heterocycles. The first kappa shape index (κ1) is 25.7. The van der Waals surface area contributed by atoms with Gasteiger partial charge in [-0.15, -0.1) is 0 Å². The average molecular weight is 540 g/mol. The number of aliphatic hydroxyl groups is 1. The molecule has 204 valence electrons. The topological polar surface area (TPSA) is 68.2 Å². The summed E-state index contributed by atoms with van der Waals surface area (Å²) >= 11 is 0. The van der Waals surface area contributed by atoms with Crippen LogP contribution in [0.5, 0.6) is 5.75 Å². The maximum atomic E-state index is 13.4. The van der Waals surface area contributed by atoms with Crippen LogP contribution in [0.4, 0.5) is 18.0 Å². The molecule has 9 heteroatoms. The highest BCUT2D eigenvalue weighted by Gasteiger charge is 2.49. The highest BCUT2D eigenvalue weighted by atomic mass is 19.4. The Kier molecular flexibility index (Phi) is 6.51. The van der Waals surface area contributed by atoms with Crippen LogP contribution < -0.4 is 4.74 Å². The van der Waals surface area contributed by atoms with Gasteiger partial charge in [0.05, 0.1) is 30.9 Å². The monoisotopic (exact) mass is 539 g/mol. The molecule has 3 aliphatic rings. The van der Waals surface area contributed by atoms with Crippen LogP contribution in [-0.2, 0) is 15.1 Å². The van der Waals surface area contributed by atoms with Crippen molar-refractivity contribution in [2.24, 2.45) is 0 Å². The molecule has 0 spiro atoms. The highest BCUT2D eigenvalue weighted by molar-refractivity contribution is 5.79. The largest absolute Gasteiger partial charge is 0.484 e. The summed E-state index contributed by atoms with van der Waals surface area (Å²) < 4.78 is 53.8. The van der Waals surface area contributed by atoms with Crippen molar-refractivity contribution >= 4 is 6.09 Å². The van der Waals surface area contributed by atoms with E-state index in [9.17, 15) is 23.1 Å². The maximum Gasteiger partial charge on any atom is 0.422 e. The first-order chi connectivity index (χ1) is 18.7. The van der Waals surface area contributed by atoms with Gasteiger partial charge in [0.15, 0.2) is 6.61 Å². The van der Waals surface area contributed by atoms with Crippen LogP contribution in [0, 0.1) is 0 Å². The van der Waals surface area contributed by atoms with Crippen LogP contribution in [0.2, 0.25) is 0 Å². The van der Waals surface area contributed by atoms with Crippen molar-refractivity contribution in [2.75, 3.05) is 26.4 Å². The number of nitrogens with zero attached hydrogens (tertiary/aromatic N) is 1. The molecule has 3 aromatic rings. The van der Waals surface area contributed by atoms with Crippen LogP contribution in [0.15, 0.2) is 72.8 Å². The Morgan fingerprint density at radius 1 is 0.923 bits per heavy atom. The first-order valence-electron chi connectivity index (χ1n) is 13.0. The van der Waals surface area contributed by atoms with Gasteiger partial charge in [0.25, 0.3) is 0 Å². The number of morpholine rings is 1. The number of carbonyl (C=O) groups is 1. The summed E-state index contributed by atoms with van der Waals surface area (Å²) in [6.45, 7) is -0.661. The minimum absolute atomic E-state index is 0.0581. The highest BCUT2D eigenvalue weighted by Crippen LogP contribution is 2.45. The molecule has 2 saturated heterocycles. The molecule has 6 nitrogen and oxygen atoms in total. The van der Waals surface area contributed by atoms with E-state index in [-0.39, 0.29) is 44.3 Å². The number of halogens is 3. The van der Waals surface area contributed by atoms with Crippen LogP contribution in [0.25, 0.3) is 11.1 Å². The molecule has 2 unspecified atom stereocenters. The third-order valence-corrected chi connectivity index (χ3v) is 7.89. The van der Waals surface area contributed by atoms with E-state index in [1.165, 1.54) is 12.1 Å². The number of ether oxygens (including phenoxy) is 3. The van der Waals surface area contributed by atoms with E-state index in [1.807, 2.05) is 24.3 Å². The van der Waals surface area contributed by atoms with Gasteiger partial charge < -0.3 is 19.3 Å². The number of fused-ring (bicyclic) bond motifs is 5. The van der Waals surface area contributed by atoms with Gasteiger partial charge >= 0.3 is 12.3 Å². The van der Waals surface area contributed by atoms with E-state index in [1.54, 1.807) is 17.0 Å². The Morgan fingerprint density at radius 3 is 2.05 bits per heavy atom. The van der Waals surface area contributed by atoms with Gasteiger partial charge in [0.2, 0.25) is 0 Å². The fourth-order valence-corrected chi connectivity index (χ4v) is 6.21. The SMILES string of the molecule is O=C(OCC1c2ccccc2-c2ccccc21)N1C2COCC1CC(O)(c1ccc(OCC(F)(F)F)cc1)C2. The summed E-state index contributed by atoms with van der Waals surface area (Å²) in [6.07, 6.45) is -4.43. The van der Waals surface area contributed by atoms with Gasteiger partial charge in [-0.1, -0.05) is 60.7 Å². The van der Waals surface area contributed by atoms with Gasteiger partial charge in [0.1, 0.15) is 12.4 Å². The minimum atomic E-state index is -4.43. The van der Waals surface area contributed by atoms with Crippen molar-refractivity contribution in [3.8, 4) is 16.9 Å². The van der Waals surface area contributed by atoms with Crippen molar-refractivity contribution < 1.29 is 37.3 Å². The molecule has 1 aliphatic carbocycles. The smallest absolute Gasteiger partial charge is 0.422 e.